The topological polar surface area (TPSA) is 74.3 Å². The number of hydrogen-bond donors (Lipinski definition) is 0. The quantitative estimate of drug-likeness (QED) is 0.619. The molecule has 2 heterocycles. The first-order valence-corrected chi connectivity index (χ1v) is 8.58. The lowest BCUT2D eigenvalue weighted by molar-refractivity contribution is 0.564. The van der Waals surface area contributed by atoms with E-state index in [2.05, 4.69) is 49.3 Å². The van der Waals surface area contributed by atoms with Gasteiger partial charge in [0, 0.05) is 6.54 Å². The SMILES string of the molecule is CCCn1nnnc1CSc1nnc(C)n1Cc1ccccc1. The highest BCUT2D eigenvalue weighted by Crippen LogP contribution is 2.21. The van der Waals surface area contributed by atoms with E-state index in [1.165, 1.54) is 5.56 Å². The van der Waals surface area contributed by atoms with Gasteiger partial charge in [-0.15, -0.1) is 15.3 Å². The molecule has 120 valence electrons. The van der Waals surface area contributed by atoms with Crippen LogP contribution in [0.1, 0.15) is 30.6 Å². The average molecular weight is 329 g/mol. The van der Waals surface area contributed by atoms with E-state index in [-0.39, 0.29) is 0 Å². The van der Waals surface area contributed by atoms with Gasteiger partial charge in [0.2, 0.25) is 0 Å². The van der Waals surface area contributed by atoms with Crippen LogP contribution < -0.4 is 0 Å². The second-order valence-corrected chi connectivity index (χ2v) is 6.15. The maximum atomic E-state index is 4.29. The first-order valence-electron chi connectivity index (χ1n) is 7.59. The van der Waals surface area contributed by atoms with Crippen molar-refractivity contribution in [1.29, 1.82) is 0 Å². The largest absolute Gasteiger partial charge is 0.302 e. The van der Waals surface area contributed by atoms with E-state index in [1.807, 2.05) is 29.8 Å². The van der Waals surface area contributed by atoms with Crippen LogP contribution in [0.2, 0.25) is 0 Å². The van der Waals surface area contributed by atoms with Gasteiger partial charge in [0.1, 0.15) is 5.82 Å². The van der Waals surface area contributed by atoms with Gasteiger partial charge in [0.15, 0.2) is 11.0 Å². The van der Waals surface area contributed by atoms with Gasteiger partial charge in [-0.3, -0.25) is 0 Å². The van der Waals surface area contributed by atoms with E-state index in [0.717, 1.165) is 36.3 Å². The summed E-state index contributed by atoms with van der Waals surface area (Å²) >= 11 is 1.61. The smallest absolute Gasteiger partial charge is 0.191 e. The normalized spacial score (nSPS) is 11.0. The third-order valence-corrected chi connectivity index (χ3v) is 4.42. The molecule has 0 spiro atoms. The summed E-state index contributed by atoms with van der Waals surface area (Å²) in [6.07, 6.45) is 1.01. The van der Waals surface area contributed by atoms with Crippen molar-refractivity contribution >= 4 is 11.8 Å². The number of nitrogens with zero attached hydrogens (tertiary/aromatic N) is 7. The summed E-state index contributed by atoms with van der Waals surface area (Å²) < 4.78 is 3.96. The van der Waals surface area contributed by atoms with Gasteiger partial charge in [-0.2, -0.15) is 0 Å². The van der Waals surface area contributed by atoms with Crippen LogP contribution in [0.4, 0.5) is 0 Å². The molecule has 0 radical (unpaired) electrons. The Morgan fingerprint density at radius 3 is 2.70 bits per heavy atom. The van der Waals surface area contributed by atoms with E-state index in [1.54, 1.807) is 11.8 Å². The Morgan fingerprint density at radius 1 is 1.09 bits per heavy atom. The zero-order chi connectivity index (χ0) is 16.1. The van der Waals surface area contributed by atoms with Gasteiger partial charge in [0.05, 0.1) is 12.3 Å². The highest BCUT2D eigenvalue weighted by Gasteiger charge is 2.12. The number of aromatic nitrogens is 7. The van der Waals surface area contributed by atoms with Crippen molar-refractivity contribution in [2.75, 3.05) is 0 Å². The molecule has 1 aromatic carbocycles. The van der Waals surface area contributed by atoms with Crippen LogP contribution in [0.15, 0.2) is 35.5 Å². The lowest BCUT2D eigenvalue weighted by Crippen LogP contribution is -2.06. The van der Waals surface area contributed by atoms with E-state index in [4.69, 9.17) is 0 Å². The predicted octanol–water partition coefficient (Wildman–Crippen LogP) is 2.32. The molecule has 8 heteroatoms. The Kier molecular flexibility index (Phi) is 5.02. The van der Waals surface area contributed by atoms with E-state index >= 15 is 0 Å². The van der Waals surface area contributed by atoms with Crippen LogP contribution in [0.25, 0.3) is 0 Å². The zero-order valence-electron chi connectivity index (χ0n) is 13.3. The molecule has 0 fully saturated rings. The maximum Gasteiger partial charge on any atom is 0.191 e. The van der Waals surface area contributed by atoms with Gasteiger partial charge in [-0.05, 0) is 29.3 Å². The molecule has 0 saturated heterocycles. The van der Waals surface area contributed by atoms with Gasteiger partial charge < -0.3 is 4.57 Å². The molecule has 0 N–H and O–H groups in total. The van der Waals surface area contributed by atoms with Gasteiger partial charge >= 0.3 is 0 Å². The molecule has 0 bridgehead atoms. The van der Waals surface area contributed by atoms with Gasteiger partial charge in [-0.1, -0.05) is 49.0 Å². The molecule has 0 aliphatic rings. The van der Waals surface area contributed by atoms with Crippen molar-refractivity contribution in [2.24, 2.45) is 0 Å². The summed E-state index contributed by atoms with van der Waals surface area (Å²) in [6, 6.07) is 10.3. The van der Waals surface area contributed by atoms with Crippen LogP contribution in [-0.4, -0.2) is 35.0 Å². The Labute approximate surface area is 139 Å². The van der Waals surface area contributed by atoms with Crippen LogP contribution >= 0.6 is 11.8 Å². The van der Waals surface area contributed by atoms with Crippen LogP contribution in [0.5, 0.6) is 0 Å². The Morgan fingerprint density at radius 2 is 1.91 bits per heavy atom. The minimum atomic E-state index is 0.680. The predicted molar refractivity (Wildman–Crippen MR) is 88.0 cm³/mol. The van der Waals surface area contributed by atoms with E-state index in [9.17, 15) is 0 Å². The van der Waals surface area contributed by atoms with E-state index < -0.39 is 0 Å². The molecule has 0 aliphatic heterocycles. The first-order chi connectivity index (χ1) is 11.3. The van der Waals surface area contributed by atoms with Crippen molar-refractivity contribution in [2.45, 2.75) is 44.3 Å². The van der Waals surface area contributed by atoms with Crippen molar-refractivity contribution in [3.63, 3.8) is 0 Å². The first kappa shape index (κ1) is 15.7. The fourth-order valence-electron chi connectivity index (χ4n) is 2.26. The lowest BCUT2D eigenvalue weighted by atomic mass is 10.2. The van der Waals surface area contributed by atoms with Crippen molar-refractivity contribution in [3.8, 4) is 0 Å². The summed E-state index contributed by atoms with van der Waals surface area (Å²) in [7, 11) is 0. The summed E-state index contributed by atoms with van der Waals surface area (Å²) in [5, 5.41) is 21.2. The van der Waals surface area contributed by atoms with Gasteiger partial charge in [-0.25, -0.2) is 4.68 Å². The second kappa shape index (κ2) is 7.36. The molecular formula is C15H19N7S. The molecule has 3 aromatic rings. The number of thioether (sulfide) groups is 1. The van der Waals surface area contributed by atoms with Crippen LogP contribution in [-0.2, 0) is 18.8 Å². The fraction of sp³-hybridized carbons (Fsp3) is 0.400. The Hall–Kier alpha value is -2.22. The van der Waals surface area contributed by atoms with Crippen molar-refractivity contribution in [1.82, 2.24) is 35.0 Å². The zero-order valence-corrected chi connectivity index (χ0v) is 14.1. The highest BCUT2D eigenvalue weighted by atomic mass is 32.2. The second-order valence-electron chi connectivity index (χ2n) is 5.21. The standard InChI is InChI=1S/C15H19N7S/c1-3-9-22-14(17-19-20-22)11-23-15-18-16-12(2)21(15)10-13-7-5-4-6-8-13/h4-8H,3,9-11H2,1-2H3. The van der Waals surface area contributed by atoms with Gasteiger partial charge in [0.25, 0.3) is 0 Å². The minimum Gasteiger partial charge on any atom is -0.302 e. The molecule has 23 heavy (non-hydrogen) atoms. The lowest BCUT2D eigenvalue weighted by Gasteiger charge is -2.08. The highest BCUT2D eigenvalue weighted by molar-refractivity contribution is 7.98. The Bertz CT molecular complexity index is 750. The summed E-state index contributed by atoms with van der Waals surface area (Å²) in [4.78, 5) is 0. The molecule has 0 unspecified atom stereocenters. The molecule has 2 aromatic heterocycles. The number of tetrazole rings is 1. The Balaban J connectivity index is 1.72. The third kappa shape index (κ3) is 3.76. The number of hydrogen-bond acceptors (Lipinski definition) is 6. The molecule has 0 atom stereocenters. The molecule has 7 nitrogen and oxygen atoms in total. The number of benzene rings is 1. The fourth-order valence-corrected chi connectivity index (χ4v) is 3.17. The summed E-state index contributed by atoms with van der Waals surface area (Å²) in [5.41, 5.74) is 1.23. The van der Waals surface area contributed by atoms with E-state index in [0.29, 0.717) is 5.75 Å². The van der Waals surface area contributed by atoms with Crippen molar-refractivity contribution in [3.05, 3.63) is 47.5 Å². The molecule has 0 saturated carbocycles. The number of rotatable bonds is 7. The molecule has 0 aliphatic carbocycles. The third-order valence-electron chi connectivity index (χ3n) is 3.46. The molecule has 0 amide bonds. The summed E-state index contributed by atoms with van der Waals surface area (Å²) in [6.45, 7) is 5.68. The van der Waals surface area contributed by atoms with Crippen LogP contribution in [0.3, 0.4) is 0 Å². The van der Waals surface area contributed by atoms with Crippen molar-refractivity contribution < 1.29 is 0 Å². The average Bonchev–Trinajstić information content (AvgIpc) is 3.15. The maximum absolute atomic E-state index is 4.29. The minimum absolute atomic E-state index is 0.680. The molecule has 3 rings (SSSR count). The monoisotopic (exact) mass is 329 g/mol. The molecular weight excluding hydrogens is 310 g/mol. The summed E-state index contributed by atoms with van der Waals surface area (Å²) in [5.74, 6) is 2.45. The number of aryl methyl sites for hydroxylation is 2. The van der Waals surface area contributed by atoms with Crippen LogP contribution in [0, 0.1) is 6.92 Å².